The molecule has 0 amide bonds. The van der Waals surface area contributed by atoms with E-state index in [9.17, 15) is 0 Å². The normalized spacial score (nSPS) is 10.1. The molecular weight excluding hydrogens is 138 g/mol. The minimum absolute atomic E-state index is 0.564. The van der Waals surface area contributed by atoms with Gasteiger partial charge in [-0.15, -0.1) is 0 Å². The molecule has 1 aromatic rings. The number of aryl methyl sites for hydroxylation is 2. The fourth-order valence-corrected chi connectivity index (χ4v) is 1.26. The molecule has 1 aromatic heterocycles. The predicted octanol–water partition coefficient (Wildman–Crippen LogP) is 0.158. The maximum atomic E-state index is 5.59. The van der Waals surface area contributed by atoms with Gasteiger partial charge in [-0.3, -0.25) is 5.73 Å². The van der Waals surface area contributed by atoms with Gasteiger partial charge < -0.3 is 5.73 Å². The highest BCUT2D eigenvalue weighted by Gasteiger charge is 2.05. The van der Waals surface area contributed by atoms with Crippen molar-refractivity contribution < 1.29 is 4.98 Å². The summed E-state index contributed by atoms with van der Waals surface area (Å²) < 4.78 is 0. The first-order chi connectivity index (χ1) is 5.15. The summed E-state index contributed by atoms with van der Waals surface area (Å²) in [5.41, 5.74) is 14.5. The SMILES string of the molecule is Cc1cc(N)[nH+]c(C)c1CN. The average molecular weight is 152 g/mol. The molecule has 0 saturated carbocycles. The molecule has 0 atom stereocenters. The second-order valence-electron chi connectivity index (χ2n) is 2.72. The number of nitrogens with one attached hydrogen (secondary N) is 1. The Kier molecular flexibility index (Phi) is 2.10. The number of anilines is 1. The summed E-state index contributed by atoms with van der Waals surface area (Å²) in [4.78, 5) is 3.03. The number of aromatic amines is 1. The lowest BCUT2D eigenvalue weighted by Gasteiger charge is -2.03. The Morgan fingerprint density at radius 3 is 2.55 bits per heavy atom. The number of rotatable bonds is 1. The zero-order valence-electron chi connectivity index (χ0n) is 6.94. The lowest BCUT2D eigenvalue weighted by atomic mass is 10.1. The van der Waals surface area contributed by atoms with Crippen LogP contribution < -0.4 is 16.5 Å². The maximum Gasteiger partial charge on any atom is 0.270 e. The largest absolute Gasteiger partial charge is 0.326 e. The van der Waals surface area contributed by atoms with E-state index in [-0.39, 0.29) is 0 Å². The fourth-order valence-electron chi connectivity index (χ4n) is 1.26. The summed E-state index contributed by atoms with van der Waals surface area (Å²) in [6.45, 7) is 4.55. The van der Waals surface area contributed by atoms with Gasteiger partial charge in [-0.25, -0.2) is 4.98 Å². The van der Waals surface area contributed by atoms with Crippen LogP contribution in [-0.2, 0) is 6.54 Å². The van der Waals surface area contributed by atoms with E-state index in [0.717, 1.165) is 16.8 Å². The number of H-pyrrole nitrogens is 1. The molecule has 0 aliphatic heterocycles. The second-order valence-corrected chi connectivity index (χ2v) is 2.72. The van der Waals surface area contributed by atoms with Crippen molar-refractivity contribution >= 4 is 5.82 Å². The Balaban J connectivity index is 3.25. The van der Waals surface area contributed by atoms with E-state index in [1.165, 1.54) is 0 Å². The molecule has 3 nitrogen and oxygen atoms in total. The van der Waals surface area contributed by atoms with E-state index in [1.807, 2.05) is 19.9 Å². The predicted molar refractivity (Wildman–Crippen MR) is 44.8 cm³/mol. The van der Waals surface area contributed by atoms with Crippen LogP contribution in [0.4, 0.5) is 5.82 Å². The van der Waals surface area contributed by atoms with Crippen LogP contribution in [-0.4, -0.2) is 0 Å². The third-order valence-electron chi connectivity index (χ3n) is 1.84. The number of aromatic nitrogens is 1. The zero-order valence-corrected chi connectivity index (χ0v) is 6.94. The molecule has 0 fully saturated rings. The van der Waals surface area contributed by atoms with Gasteiger partial charge in [0.1, 0.15) is 5.69 Å². The monoisotopic (exact) mass is 152 g/mol. The number of hydrogen-bond donors (Lipinski definition) is 2. The molecule has 0 spiro atoms. The van der Waals surface area contributed by atoms with E-state index in [1.54, 1.807) is 0 Å². The lowest BCUT2D eigenvalue weighted by Crippen LogP contribution is -2.18. The van der Waals surface area contributed by atoms with E-state index < -0.39 is 0 Å². The van der Waals surface area contributed by atoms with Gasteiger partial charge in [0.15, 0.2) is 0 Å². The van der Waals surface area contributed by atoms with Crippen LogP contribution in [0.5, 0.6) is 0 Å². The molecule has 60 valence electrons. The maximum absolute atomic E-state index is 5.59. The molecule has 5 N–H and O–H groups in total. The molecule has 11 heavy (non-hydrogen) atoms. The molecule has 0 saturated heterocycles. The van der Waals surface area contributed by atoms with Crippen LogP contribution in [0.25, 0.3) is 0 Å². The number of hydrogen-bond acceptors (Lipinski definition) is 2. The summed E-state index contributed by atoms with van der Waals surface area (Å²) in [6.07, 6.45) is 0. The van der Waals surface area contributed by atoms with E-state index >= 15 is 0 Å². The number of nitrogens with two attached hydrogens (primary N) is 2. The van der Waals surface area contributed by atoms with Crippen molar-refractivity contribution in [3.8, 4) is 0 Å². The molecular formula is C8H14N3+. The Labute approximate surface area is 66.4 Å². The summed E-state index contributed by atoms with van der Waals surface area (Å²) in [5, 5.41) is 0. The molecule has 0 aliphatic rings. The van der Waals surface area contributed by atoms with Crippen LogP contribution in [0.2, 0.25) is 0 Å². The topological polar surface area (TPSA) is 66.2 Å². The highest BCUT2D eigenvalue weighted by Crippen LogP contribution is 2.09. The third kappa shape index (κ3) is 1.49. The van der Waals surface area contributed by atoms with Gasteiger partial charge in [-0.2, -0.15) is 0 Å². The van der Waals surface area contributed by atoms with Crippen LogP contribution in [0.1, 0.15) is 16.8 Å². The summed E-state index contributed by atoms with van der Waals surface area (Å²) in [6, 6.07) is 1.90. The van der Waals surface area contributed by atoms with E-state index in [4.69, 9.17) is 11.5 Å². The summed E-state index contributed by atoms with van der Waals surface area (Å²) in [7, 11) is 0. The number of nitrogen functional groups attached to an aromatic ring is 1. The molecule has 0 bridgehead atoms. The standard InChI is InChI=1S/C8H13N3/c1-5-3-8(10)11-6(2)7(5)4-9/h3H,4,9H2,1-2H3,(H2,10,11)/p+1. The van der Waals surface area contributed by atoms with E-state index in [0.29, 0.717) is 12.4 Å². The van der Waals surface area contributed by atoms with Crippen molar-refractivity contribution in [3.05, 3.63) is 22.9 Å². The van der Waals surface area contributed by atoms with Crippen molar-refractivity contribution in [3.63, 3.8) is 0 Å². The average Bonchev–Trinajstić information content (AvgIpc) is 1.85. The molecule has 0 aromatic carbocycles. The highest BCUT2D eigenvalue weighted by atomic mass is 14.8. The Bertz CT molecular complexity index is 245. The van der Waals surface area contributed by atoms with Crippen molar-refractivity contribution in [2.75, 3.05) is 5.73 Å². The van der Waals surface area contributed by atoms with Gasteiger partial charge in [0.2, 0.25) is 0 Å². The van der Waals surface area contributed by atoms with Crippen molar-refractivity contribution in [1.82, 2.24) is 0 Å². The minimum atomic E-state index is 0.564. The Hall–Kier alpha value is -1.09. The van der Waals surface area contributed by atoms with Gasteiger partial charge in [0.05, 0.1) is 0 Å². The van der Waals surface area contributed by atoms with Gasteiger partial charge in [0, 0.05) is 18.2 Å². The quantitative estimate of drug-likeness (QED) is 0.602. The third-order valence-corrected chi connectivity index (χ3v) is 1.84. The molecule has 3 heteroatoms. The lowest BCUT2D eigenvalue weighted by molar-refractivity contribution is -0.371. The highest BCUT2D eigenvalue weighted by molar-refractivity contribution is 5.34. The molecule has 0 aliphatic carbocycles. The van der Waals surface area contributed by atoms with Crippen LogP contribution in [0.15, 0.2) is 6.07 Å². The molecule has 0 radical (unpaired) electrons. The van der Waals surface area contributed by atoms with Crippen LogP contribution in [0.3, 0.4) is 0 Å². The van der Waals surface area contributed by atoms with Crippen LogP contribution in [0, 0.1) is 13.8 Å². The first-order valence-electron chi connectivity index (χ1n) is 3.63. The summed E-state index contributed by atoms with van der Waals surface area (Å²) in [5.74, 6) is 0.692. The molecule has 1 rings (SSSR count). The second kappa shape index (κ2) is 2.88. The Morgan fingerprint density at radius 2 is 2.09 bits per heavy atom. The first-order valence-corrected chi connectivity index (χ1v) is 3.63. The Morgan fingerprint density at radius 1 is 1.45 bits per heavy atom. The van der Waals surface area contributed by atoms with Gasteiger partial charge in [-0.05, 0) is 19.4 Å². The molecule has 1 heterocycles. The van der Waals surface area contributed by atoms with Crippen molar-refractivity contribution in [1.29, 1.82) is 0 Å². The fraction of sp³-hybridized carbons (Fsp3) is 0.375. The van der Waals surface area contributed by atoms with Gasteiger partial charge in [0.25, 0.3) is 5.82 Å². The zero-order chi connectivity index (χ0) is 8.43. The molecule has 0 unspecified atom stereocenters. The van der Waals surface area contributed by atoms with Crippen molar-refractivity contribution in [2.45, 2.75) is 20.4 Å². The van der Waals surface area contributed by atoms with Crippen LogP contribution >= 0.6 is 0 Å². The minimum Gasteiger partial charge on any atom is -0.326 e. The van der Waals surface area contributed by atoms with Gasteiger partial charge >= 0.3 is 0 Å². The smallest absolute Gasteiger partial charge is 0.270 e. The summed E-state index contributed by atoms with van der Waals surface area (Å²) >= 11 is 0. The van der Waals surface area contributed by atoms with E-state index in [2.05, 4.69) is 4.98 Å². The van der Waals surface area contributed by atoms with Gasteiger partial charge in [-0.1, -0.05) is 0 Å². The first kappa shape index (κ1) is 8.01. The number of pyridine rings is 1. The van der Waals surface area contributed by atoms with Crippen molar-refractivity contribution in [2.24, 2.45) is 5.73 Å².